The van der Waals surface area contributed by atoms with Crippen LogP contribution in [0.5, 0.6) is 0 Å². The third-order valence-corrected chi connectivity index (χ3v) is 5.48. The van der Waals surface area contributed by atoms with Crippen molar-refractivity contribution in [1.29, 1.82) is 0 Å². The van der Waals surface area contributed by atoms with E-state index in [0.717, 1.165) is 32.7 Å². The molecule has 1 saturated heterocycles. The maximum atomic E-state index is 12.2. The van der Waals surface area contributed by atoms with Gasteiger partial charge in [0.2, 0.25) is 5.91 Å². The zero-order valence-electron chi connectivity index (χ0n) is 14.9. The molecule has 1 aromatic heterocycles. The van der Waals surface area contributed by atoms with Crippen LogP contribution in [0.25, 0.3) is 0 Å². The fourth-order valence-electron chi connectivity index (χ4n) is 3.32. The van der Waals surface area contributed by atoms with Gasteiger partial charge >= 0.3 is 0 Å². The average molecular weight is 338 g/mol. The van der Waals surface area contributed by atoms with Crippen LogP contribution in [0.4, 0.5) is 0 Å². The summed E-state index contributed by atoms with van der Waals surface area (Å²) in [5.41, 5.74) is 0. The average Bonchev–Trinajstić information content (AvgIpc) is 3.01. The largest absolute Gasteiger partial charge is 0.352 e. The zero-order valence-corrected chi connectivity index (χ0v) is 15.7. The molecule has 1 amide bonds. The summed E-state index contributed by atoms with van der Waals surface area (Å²) in [6, 6.07) is 4.73. The van der Waals surface area contributed by atoms with Crippen LogP contribution in [0.3, 0.4) is 0 Å². The summed E-state index contributed by atoms with van der Waals surface area (Å²) in [6.07, 6.45) is 0.602. The number of nitrogens with one attached hydrogen (secondary N) is 1. The number of hydrogen-bond donors (Lipinski definition) is 1. The Morgan fingerprint density at radius 2 is 1.96 bits per heavy atom. The number of rotatable bonds is 7. The van der Waals surface area contributed by atoms with Crippen molar-refractivity contribution in [2.24, 2.45) is 5.92 Å². The number of amides is 1. The fourth-order valence-corrected chi connectivity index (χ4v) is 4.29. The summed E-state index contributed by atoms with van der Waals surface area (Å²) < 4.78 is 0. The van der Waals surface area contributed by atoms with Gasteiger partial charge in [0.05, 0.1) is 6.04 Å². The first-order chi connectivity index (χ1) is 11.0. The van der Waals surface area contributed by atoms with Crippen molar-refractivity contribution >= 4 is 17.2 Å². The van der Waals surface area contributed by atoms with Gasteiger partial charge in [-0.3, -0.25) is 9.69 Å². The summed E-state index contributed by atoms with van der Waals surface area (Å²) >= 11 is 1.79. The van der Waals surface area contributed by atoms with Gasteiger partial charge in [0.15, 0.2) is 0 Å². The Bertz CT molecular complexity index is 467. The molecule has 1 aliphatic heterocycles. The van der Waals surface area contributed by atoms with Gasteiger partial charge in [0.1, 0.15) is 0 Å². The van der Waals surface area contributed by atoms with E-state index < -0.39 is 0 Å². The molecule has 4 nitrogen and oxygen atoms in total. The Balaban J connectivity index is 2.04. The van der Waals surface area contributed by atoms with Crippen molar-refractivity contribution in [3.63, 3.8) is 0 Å². The summed E-state index contributed by atoms with van der Waals surface area (Å²) in [5.74, 6) is 0.566. The number of hydrogen-bond acceptors (Lipinski definition) is 4. The third-order valence-electron chi connectivity index (χ3n) is 4.54. The smallest absolute Gasteiger partial charge is 0.220 e. The number of carbonyl (C=O) groups is 1. The van der Waals surface area contributed by atoms with Gasteiger partial charge in [-0.25, -0.2) is 0 Å². The minimum Gasteiger partial charge on any atom is -0.352 e. The van der Waals surface area contributed by atoms with E-state index in [-0.39, 0.29) is 18.0 Å². The lowest BCUT2D eigenvalue weighted by Crippen LogP contribution is -2.52. The van der Waals surface area contributed by atoms with Crippen LogP contribution in [-0.4, -0.2) is 54.5 Å². The number of nitrogens with zero attached hydrogens (tertiary/aromatic N) is 2. The van der Waals surface area contributed by atoms with Gasteiger partial charge in [0.25, 0.3) is 0 Å². The molecule has 0 bridgehead atoms. The van der Waals surface area contributed by atoms with Crippen molar-refractivity contribution in [1.82, 2.24) is 15.1 Å². The van der Waals surface area contributed by atoms with Gasteiger partial charge < -0.3 is 10.2 Å². The van der Waals surface area contributed by atoms with Crippen molar-refractivity contribution in [2.75, 3.05) is 32.7 Å². The molecule has 130 valence electrons. The molecule has 0 aromatic carbocycles. The van der Waals surface area contributed by atoms with E-state index in [1.54, 1.807) is 11.3 Å². The van der Waals surface area contributed by atoms with Crippen LogP contribution in [-0.2, 0) is 4.79 Å². The highest BCUT2D eigenvalue weighted by atomic mass is 32.1. The topological polar surface area (TPSA) is 35.6 Å². The Hall–Kier alpha value is -0.910. The normalized spacial score (nSPS) is 19.7. The second-order valence-electron chi connectivity index (χ2n) is 6.88. The lowest BCUT2D eigenvalue weighted by Gasteiger charge is -2.41. The van der Waals surface area contributed by atoms with E-state index in [0.29, 0.717) is 12.3 Å². The van der Waals surface area contributed by atoms with Gasteiger partial charge in [-0.2, -0.15) is 0 Å². The van der Waals surface area contributed by atoms with E-state index >= 15 is 0 Å². The molecule has 0 radical (unpaired) electrons. The second-order valence-corrected chi connectivity index (χ2v) is 7.86. The first-order valence-corrected chi connectivity index (χ1v) is 9.68. The van der Waals surface area contributed by atoms with Gasteiger partial charge in [-0.1, -0.05) is 26.8 Å². The molecular weight excluding hydrogens is 306 g/mol. The highest BCUT2D eigenvalue weighted by Crippen LogP contribution is 2.29. The van der Waals surface area contributed by atoms with Crippen LogP contribution >= 0.6 is 11.3 Å². The van der Waals surface area contributed by atoms with Gasteiger partial charge in [0, 0.05) is 43.5 Å². The molecule has 0 spiro atoms. The first kappa shape index (κ1) is 18.4. The summed E-state index contributed by atoms with van der Waals surface area (Å²) in [5, 5.41) is 5.37. The molecule has 23 heavy (non-hydrogen) atoms. The third kappa shape index (κ3) is 5.30. The lowest BCUT2D eigenvalue weighted by atomic mass is 10.0. The van der Waals surface area contributed by atoms with Crippen LogP contribution in [0.15, 0.2) is 17.5 Å². The van der Waals surface area contributed by atoms with E-state index in [9.17, 15) is 4.79 Å². The van der Waals surface area contributed by atoms with Crippen molar-refractivity contribution < 1.29 is 4.79 Å². The summed E-state index contributed by atoms with van der Waals surface area (Å²) in [7, 11) is 0. The molecule has 0 aliphatic carbocycles. The van der Waals surface area contributed by atoms with Crippen molar-refractivity contribution in [3.8, 4) is 0 Å². The lowest BCUT2D eigenvalue weighted by molar-refractivity contribution is -0.122. The first-order valence-electron chi connectivity index (χ1n) is 8.80. The number of thiophene rings is 1. The van der Waals surface area contributed by atoms with Crippen LogP contribution in [0.1, 0.15) is 45.0 Å². The molecule has 0 unspecified atom stereocenters. The highest BCUT2D eigenvalue weighted by Gasteiger charge is 2.30. The maximum absolute atomic E-state index is 12.2. The monoisotopic (exact) mass is 337 g/mol. The van der Waals surface area contributed by atoms with E-state index in [1.165, 1.54) is 4.88 Å². The Kier molecular flexibility index (Phi) is 7.06. The number of likely N-dealkylation sites (N-methyl/N-ethyl adjacent to an activating group) is 1. The predicted octanol–water partition coefficient (Wildman–Crippen LogP) is 2.98. The fraction of sp³-hybridized carbons (Fsp3) is 0.722. The molecule has 2 heterocycles. The molecule has 1 fully saturated rings. The highest BCUT2D eigenvalue weighted by molar-refractivity contribution is 7.10. The van der Waals surface area contributed by atoms with Crippen LogP contribution in [0.2, 0.25) is 0 Å². The number of piperazine rings is 1. The van der Waals surface area contributed by atoms with Crippen molar-refractivity contribution in [2.45, 2.75) is 46.2 Å². The van der Waals surface area contributed by atoms with Crippen LogP contribution in [0, 0.1) is 5.92 Å². The van der Waals surface area contributed by atoms with Crippen LogP contribution < -0.4 is 5.32 Å². The molecule has 1 aliphatic rings. The minimum absolute atomic E-state index is 0.132. The van der Waals surface area contributed by atoms with E-state index in [4.69, 9.17) is 0 Å². The zero-order chi connectivity index (χ0) is 16.8. The molecule has 5 heteroatoms. The molecule has 2 rings (SSSR count). The minimum atomic E-state index is 0.132. The summed E-state index contributed by atoms with van der Waals surface area (Å²) in [4.78, 5) is 18.6. The molecule has 2 atom stereocenters. The molecule has 1 N–H and O–H groups in total. The Morgan fingerprint density at radius 1 is 1.26 bits per heavy atom. The predicted molar refractivity (Wildman–Crippen MR) is 97.8 cm³/mol. The molecular formula is C18H31N3OS. The Labute approximate surface area is 144 Å². The second kappa shape index (κ2) is 8.81. The Morgan fingerprint density at radius 3 is 2.48 bits per heavy atom. The quantitative estimate of drug-likeness (QED) is 0.831. The van der Waals surface area contributed by atoms with Crippen molar-refractivity contribution in [3.05, 3.63) is 22.4 Å². The van der Waals surface area contributed by atoms with E-state index in [1.807, 2.05) is 0 Å². The maximum Gasteiger partial charge on any atom is 0.220 e. The summed E-state index contributed by atoms with van der Waals surface area (Å²) in [6.45, 7) is 14.0. The standard InChI is InChI=1S/C18H31N3OS/c1-5-20-8-10-21(11-9-20)18(16-7-6-12-23-16)15(4)19-17(22)13-14(2)3/h6-7,12,14-15,18H,5,8-11,13H2,1-4H3,(H,19,22)/t15-,18-/m0/s1. The SMILES string of the molecule is CCN1CCN([C@H](c2cccs2)[C@H](C)NC(=O)CC(C)C)CC1. The van der Waals surface area contributed by atoms with Gasteiger partial charge in [-0.05, 0) is 30.8 Å². The van der Waals surface area contributed by atoms with Gasteiger partial charge in [-0.15, -0.1) is 11.3 Å². The molecule has 1 aromatic rings. The number of carbonyl (C=O) groups excluding carboxylic acids is 1. The van der Waals surface area contributed by atoms with E-state index in [2.05, 4.69) is 60.3 Å². The molecule has 0 saturated carbocycles.